The van der Waals surface area contributed by atoms with Crippen molar-refractivity contribution >= 4 is 15.9 Å². The number of nitrogens with one attached hydrogen (secondary N) is 2. The van der Waals surface area contributed by atoms with Crippen molar-refractivity contribution in [3.05, 3.63) is 72.3 Å². The van der Waals surface area contributed by atoms with Crippen LogP contribution in [0.25, 0.3) is 0 Å². The standard InChI is InChI=1S/C18H18F2N2O4S/c1-2-11-22-27(24,25)15-9-7-13(8-10-15)17(23)21-12-14-5-3-4-6-16(14)26-18(19)20/h2-10,18,22H,1,11-12H2,(H,21,23). The molecule has 0 unspecified atom stereocenters. The lowest BCUT2D eigenvalue weighted by atomic mass is 10.2. The quantitative estimate of drug-likeness (QED) is 0.639. The third-order valence-electron chi connectivity index (χ3n) is 3.47. The summed E-state index contributed by atoms with van der Waals surface area (Å²) in [5.74, 6) is -0.507. The van der Waals surface area contributed by atoms with Crippen LogP contribution in [-0.2, 0) is 16.6 Å². The number of halogens is 2. The van der Waals surface area contributed by atoms with Crippen molar-refractivity contribution in [2.75, 3.05) is 6.54 Å². The fourth-order valence-corrected chi connectivity index (χ4v) is 3.17. The first-order chi connectivity index (χ1) is 12.8. The Morgan fingerprint density at radius 2 is 1.81 bits per heavy atom. The van der Waals surface area contributed by atoms with Gasteiger partial charge in [-0.15, -0.1) is 6.58 Å². The van der Waals surface area contributed by atoms with E-state index in [1.165, 1.54) is 36.4 Å². The van der Waals surface area contributed by atoms with Crippen molar-refractivity contribution in [3.8, 4) is 5.75 Å². The largest absolute Gasteiger partial charge is 0.434 e. The van der Waals surface area contributed by atoms with E-state index >= 15 is 0 Å². The first-order valence-corrected chi connectivity index (χ1v) is 9.33. The van der Waals surface area contributed by atoms with Gasteiger partial charge in [-0.1, -0.05) is 24.3 Å². The lowest BCUT2D eigenvalue weighted by Crippen LogP contribution is -2.25. The van der Waals surface area contributed by atoms with Gasteiger partial charge < -0.3 is 10.1 Å². The SMILES string of the molecule is C=CCNS(=O)(=O)c1ccc(C(=O)NCc2ccccc2OC(F)F)cc1. The fourth-order valence-electron chi connectivity index (χ4n) is 2.18. The number of hydrogen-bond acceptors (Lipinski definition) is 4. The number of sulfonamides is 1. The molecule has 0 aromatic heterocycles. The first kappa shape index (κ1) is 20.5. The van der Waals surface area contributed by atoms with Crippen molar-refractivity contribution in [2.45, 2.75) is 18.1 Å². The zero-order chi connectivity index (χ0) is 19.9. The molecule has 2 aromatic carbocycles. The van der Waals surface area contributed by atoms with Gasteiger partial charge >= 0.3 is 6.61 Å². The average Bonchev–Trinajstić information content (AvgIpc) is 2.65. The summed E-state index contributed by atoms with van der Waals surface area (Å²) < 4.78 is 55.5. The van der Waals surface area contributed by atoms with Crippen LogP contribution in [0.3, 0.4) is 0 Å². The zero-order valence-electron chi connectivity index (χ0n) is 14.2. The van der Waals surface area contributed by atoms with Crippen LogP contribution in [0.1, 0.15) is 15.9 Å². The van der Waals surface area contributed by atoms with E-state index in [1.807, 2.05) is 0 Å². The molecule has 6 nitrogen and oxygen atoms in total. The third kappa shape index (κ3) is 5.87. The molecule has 0 aliphatic rings. The third-order valence-corrected chi connectivity index (χ3v) is 4.91. The second-order valence-electron chi connectivity index (χ2n) is 5.33. The predicted octanol–water partition coefficient (Wildman–Crippen LogP) is 2.68. The maximum Gasteiger partial charge on any atom is 0.387 e. The lowest BCUT2D eigenvalue weighted by Gasteiger charge is -2.11. The predicted molar refractivity (Wildman–Crippen MR) is 96.1 cm³/mol. The Hall–Kier alpha value is -2.78. The molecule has 0 aliphatic carbocycles. The van der Waals surface area contributed by atoms with Crippen molar-refractivity contribution in [3.63, 3.8) is 0 Å². The number of carbonyl (C=O) groups excluding carboxylic acids is 1. The lowest BCUT2D eigenvalue weighted by molar-refractivity contribution is -0.0504. The van der Waals surface area contributed by atoms with Gasteiger partial charge in [0.25, 0.3) is 5.91 Å². The molecule has 0 aliphatic heterocycles. The average molecular weight is 396 g/mol. The Bertz CT molecular complexity index is 900. The van der Waals surface area contributed by atoms with Gasteiger partial charge in [0.15, 0.2) is 0 Å². The Kier molecular flexibility index (Phi) is 7.03. The maximum atomic E-state index is 12.4. The number of ether oxygens (including phenoxy) is 1. The molecule has 144 valence electrons. The van der Waals surface area contributed by atoms with Gasteiger partial charge in [-0.25, -0.2) is 13.1 Å². The summed E-state index contributed by atoms with van der Waals surface area (Å²) in [7, 11) is -3.68. The van der Waals surface area contributed by atoms with Crippen LogP contribution >= 0.6 is 0 Å². The fraction of sp³-hybridized carbons (Fsp3) is 0.167. The number of para-hydroxylation sites is 1. The van der Waals surface area contributed by atoms with Crippen molar-refractivity contribution < 1.29 is 26.7 Å². The van der Waals surface area contributed by atoms with Gasteiger partial charge in [-0.3, -0.25) is 4.79 Å². The second-order valence-corrected chi connectivity index (χ2v) is 7.10. The number of hydrogen-bond donors (Lipinski definition) is 2. The van der Waals surface area contributed by atoms with Crippen molar-refractivity contribution in [1.82, 2.24) is 10.0 Å². The Labute approximate surface area is 155 Å². The summed E-state index contributed by atoms with van der Waals surface area (Å²) in [4.78, 5) is 12.2. The van der Waals surface area contributed by atoms with E-state index in [2.05, 4.69) is 21.4 Å². The van der Waals surface area contributed by atoms with E-state index in [4.69, 9.17) is 0 Å². The van der Waals surface area contributed by atoms with Crippen LogP contribution in [0.4, 0.5) is 8.78 Å². The monoisotopic (exact) mass is 396 g/mol. The van der Waals surface area contributed by atoms with Crippen molar-refractivity contribution in [2.24, 2.45) is 0 Å². The summed E-state index contributed by atoms with van der Waals surface area (Å²) >= 11 is 0. The minimum Gasteiger partial charge on any atom is -0.434 e. The van der Waals surface area contributed by atoms with Crippen LogP contribution in [0.15, 0.2) is 66.1 Å². The molecule has 2 rings (SSSR count). The highest BCUT2D eigenvalue weighted by Crippen LogP contribution is 2.20. The van der Waals surface area contributed by atoms with Gasteiger partial charge in [0.2, 0.25) is 10.0 Å². The van der Waals surface area contributed by atoms with Crippen LogP contribution < -0.4 is 14.8 Å². The summed E-state index contributed by atoms with van der Waals surface area (Å²) in [6.07, 6.45) is 1.41. The molecule has 0 radical (unpaired) electrons. The van der Waals surface area contributed by atoms with Crippen LogP contribution in [0.5, 0.6) is 5.75 Å². The van der Waals surface area contributed by atoms with Gasteiger partial charge in [-0.2, -0.15) is 8.78 Å². The smallest absolute Gasteiger partial charge is 0.387 e. The highest BCUT2D eigenvalue weighted by atomic mass is 32.2. The number of rotatable bonds is 9. The van der Waals surface area contributed by atoms with E-state index < -0.39 is 22.5 Å². The molecule has 0 saturated carbocycles. The van der Waals surface area contributed by atoms with Crippen molar-refractivity contribution in [1.29, 1.82) is 0 Å². The summed E-state index contributed by atoms with van der Waals surface area (Å²) in [6, 6.07) is 11.4. The second kappa shape index (κ2) is 9.24. The van der Waals surface area contributed by atoms with Gasteiger partial charge in [0.05, 0.1) is 4.90 Å². The molecule has 0 saturated heterocycles. The molecule has 9 heteroatoms. The van der Waals surface area contributed by atoms with Crippen LogP contribution in [0, 0.1) is 0 Å². The summed E-state index contributed by atoms with van der Waals surface area (Å²) in [5.41, 5.74) is 0.615. The van der Waals surface area contributed by atoms with Gasteiger partial charge in [-0.05, 0) is 30.3 Å². The maximum absolute atomic E-state index is 12.4. The molecule has 2 aromatic rings. The first-order valence-electron chi connectivity index (χ1n) is 7.85. The van der Waals surface area contributed by atoms with Gasteiger partial charge in [0.1, 0.15) is 5.75 Å². The summed E-state index contributed by atoms with van der Waals surface area (Å²) in [5, 5.41) is 2.58. The highest BCUT2D eigenvalue weighted by Gasteiger charge is 2.14. The molecule has 27 heavy (non-hydrogen) atoms. The highest BCUT2D eigenvalue weighted by molar-refractivity contribution is 7.89. The molecular formula is C18H18F2N2O4S. The minimum atomic E-state index is -3.68. The summed E-state index contributed by atoms with van der Waals surface area (Å²) in [6.45, 7) is 0.528. The van der Waals surface area contributed by atoms with Crippen LogP contribution in [-0.4, -0.2) is 27.5 Å². The van der Waals surface area contributed by atoms with E-state index in [1.54, 1.807) is 18.2 Å². The van der Waals surface area contributed by atoms with Gasteiger partial charge in [0, 0.05) is 24.2 Å². The molecule has 0 atom stereocenters. The molecule has 0 heterocycles. The van der Waals surface area contributed by atoms with Crippen LogP contribution in [0.2, 0.25) is 0 Å². The number of alkyl halides is 2. The number of benzene rings is 2. The van der Waals surface area contributed by atoms with E-state index in [9.17, 15) is 22.0 Å². The van der Waals surface area contributed by atoms with E-state index in [0.29, 0.717) is 5.56 Å². The normalized spacial score (nSPS) is 11.2. The Morgan fingerprint density at radius 3 is 2.44 bits per heavy atom. The van der Waals surface area contributed by atoms with E-state index in [-0.39, 0.29) is 29.3 Å². The molecule has 0 bridgehead atoms. The Morgan fingerprint density at radius 1 is 1.15 bits per heavy atom. The zero-order valence-corrected chi connectivity index (χ0v) is 15.0. The molecule has 0 fully saturated rings. The number of carbonyl (C=O) groups is 1. The molecular weight excluding hydrogens is 378 g/mol. The molecule has 1 amide bonds. The minimum absolute atomic E-state index is 0.0107. The Balaban J connectivity index is 2.04. The molecule has 2 N–H and O–H groups in total. The topological polar surface area (TPSA) is 84.5 Å². The number of amides is 1. The molecule has 0 spiro atoms. The van der Waals surface area contributed by atoms with E-state index in [0.717, 1.165) is 0 Å².